The van der Waals surface area contributed by atoms with Gasteiger partial charge in [-0.05, 0) is 18.6 Å². The number of hydrogen-bond acceptors (Lipinski definition) is 4. The molecule has 0 spiro atoms. The fraction of sp³-hybridized carbons (Fsp3) is 0.571. The third-order valence-corrected chi connectivity index (χ3v) is 3.71. The smallest absolute Gasteiger partial charge is 0.0809 e. The van der Waals surface area contributed by atoms with E-state index in [1.807, 2.05) is 6.07 Å². The Bertz CT molecular complexity index is 410. The molecule has 1 aromatic rings. The minimum absolute atomic E-state index is 0.123. The first-order valence-corrected chi connectivity index (χ1v) is 7.04. The van der Waals surface area contributed by atoms with Crippen LogP contribution in [0.15, 0.2) is 12.1 Å². The molecule has 1 N–H and O–H groups in total. The summed E-state index contributed by atoms with van der Waals surface area (Å²) in [6.45, 7) is 3.27. The number of aliphatic hydroxyl groups excluding tert-OH is 1. The molecule has 1 unspecified atom stereocenters. The average Bonchev–Trinajstić information content (AvgIpc) is 3.01. The van der Waals surface area contributed by atoms with Crippen LogP contribution in [0.25, 0.3) is 0 Å². The normalized spacial score (nSPS) is 18.6. The molecule has 0 amide bonds. The zero-order valence-electron chi connectivity index (χ0n) is 10.4. The molecule has 2 rings (SSSR count). The largest absolute Gasteiger partial charge is 0.395 e. The summed E-state index contributed by atoms with van der Waals surface area (Å²) in [7, 11) is 0. The van der Waals surface area contributed by atoms with Gasteiger partial charge in [0.15, 0.2) is 0 Å². The van der Waals surface area contributed by atoms with E-state index in [2.05, 4.69) is 17.9 Å². The highest BCUT2D eigenvalue weighted by Crippen LogP contribution is 2.18. The van der Waals surface area contributed by atoms with Crippen molar-refractivity contribution < 1.29 is 14.6 Å². The van der Waals surface area contributed by atoms with Gasteiger partial charge in [0, 0.05) is 23.8 Å². The van der Waals surface area contributed by atoms with Crippen molar-refractivity contribution in [3.8, 4) is 11.8 Å². The highest BCUT2D eigenvalue weighted by molar-refractivity contribution is 7.12. The molecule has 1 saturated heterocycles. The van der Waals surface area contributed by atoms with Crippen molar-refractivity contribution in [2.24, 2.45) is 5.92 Å². The van der Waals surface area contributed by atoms with Gasteiger partial charge in [-0.1, -0.05) is 11.8 Å². The Morgan fingerprint density at radius 2 is 2.44 bits per heavy atom. The van der Waals surface area contributed by atoms with Crippen molar-refractivity contribution in [1.82, 2.24) is 0 Å². The van der Waals surface area contributed by atoms with Crippen LogP contribution in [0.4, 0.5) is 0 Å². The Morgan fingerprint density at radius 1 is 1.50 bits per heavy atom. The molecule has 0 aliphatic carbocycles. The van der Waals surface area contributed by atoms with Gasteiger partial charge < -0.3 is 14.6 Å². The topological polar surface area (TPSA) is 38.7 Å². The molecule has 1 aliphatic heterocycles. The fourth-order valence-corrected chi connectivity index (χ4v) is 2.59. The van der Waals surface area contributed by atoms with Crippen molar-refractivity contribution in [1.29, 1.82) is 0 Å². The van der Waals surface area contributed by atoms with Gasteiger partial charge >= 0.3 is 0 Å². The summed E-state index contributed by atoms with van der Waals surface area (Å²) in [6.07, 6.45) is 1.65. The lowest BCUT2D eigenvalue weighted by Crippen LogP contribution is -2.08. The SMILES string of the molecule is OCCC#Cc1ccc(COCC2CCOC2)s1. The third kappa shape index (κ3) is 4.43. The first-order valence-electron chi connectivity index (χ1n) is 6.22. The Morgan fingerprint density at radius 3 is 3.22 bits per heavy atom. The second kappa shape index (κ2) is 7.55. The molecule has 1 atom stereocenters. The maximum absolute atomic E-state index is 8.64. The van der Waals surface area contributed by atoms with E-state index < -0.39 is 0 Å². The highest BCUT2D eigenvalue weighted by atomic mass is 32.1. The number of ether oxygens (including phenoxy) is 2. The van der Waals surface area contributed by atoms with Crippen LogP contribution in [0.2, 0.25) is 0 Å². The lowest BCUT2D eigenvalue weighted by molar-refractivity contribution is 0.0806. The van der Waals surface area contributed by atoms with Crippen LogP contribution in [0.1, 0.15) is 22.6 Å². The summed E-state index contributed by atoms with van der Waals surface area (Å²) in [5, 5.41) is 8.64. The molecule has 18 heavy (non-hydrogen) atoms. The van der Waals surface area contributed by atoms with Gasteiger partial charge in [0.1, 0.15) is 0 Å². The predicted octanol–water partition coefficient (Wildman–Crippen LogP) is 2.04. The maximum Gasteiger partial charge on any atom is 0.0809 e. The van der Waals surface area contributed by atoms with Crippen LogP contribution in [-0.2, 0) is 16.1 Å². The van der Waals surface area contributed by atoms with Gasteiger partial charge in [-0.2, -0.15) is 0 Å². The summed E-state index contributed by atoms with van der Waals surface area (Å²) in [6, 6.07) is 4.06. The summed E-state index contributed by atoms with van der Waals surface area (Å²) >= 11 is 1.65. The van der Waals surface area contributed by atoms with Crippen LogP contribution in [0.5, 0.6) is 0 Å². The van der Waals surface area contributed by atoms with E-state index in [4.69, 9.17) is 14.6 Å². The van der Waals surface area contributed by atoms with Gasteiger partial charge in [-0.15, -0.1) is 11.3 Å². The molecule has 1 aromatic heterocycles. The third-order valence-electron chi connectivity index (χ3n) is 2.73. The second-order valence-electron chi connectivity index (χ2n) is 4.29. The highest BCUT2D eigenvalue weighted by Gasteiger charge is 2.15. The summed E-state index contributed by atoms with van der Waals surface area (Å²) in [5.74, 6) is 6.51. The molecule has 0 radical (unpaired) electrons. The standard InChI is InChI=1S/C14H18O3S/c15-7-2-1-3-13-4-5-14(18-13)11-17-10-12-6-8-16-9-12/h4-5,12,15H,2,6-11H2. The molecular formula is C14H18O3S. The van der Waals surface area contributed by atoms with Crippen LogP contribution in [0.3, 0.4) is 0 Å². The Labute approximate surface area is 112 Å². The van der Waals surface area contributed by atoms with Crippen LogP contribution in [-0.4, -0.2) is 31.5 Å². The minimum Gasteiger partial charge on any atom is -0.395 e. The van der Waals surface area contributed by atoms with Crippen molar-refractivity contribution in [2.75, 3.05) is 26.4 Å². The van der Waals surface area contributed by atoms with Gasteiger partial charge in [0.25, 0.3) is 0 Å². The Kier molecular flexibility index (Phi) is 5.69. The van der Waals surface area contributed by atoms with Crippen LogP contribution < -0.4 is 0 Å². The summed E-state index contributed by atoms with van der Waals surface area (Å²) in [5.41, 5.74) is 0. The number of rotatable bonds is 5. The first kappa shape index (κ1) is 13.6. The summed E-state index contributed by atoms with van der Waals surface area (Å²) < 4.78 is 11.0. The van der Waals surface area contributed by atoms with Gasteiger partial charge in [-0.3, -0.25) is 0 Å². The molecule has 1 fully saturated rings. The Hall–Kier alpha value is -0.860. The van der Waals surface area contributed by atoms with Crippen LogP contribution >= 0.6 is 11.3 Å². The Balaban J connectivity index is 1.71. The average molecular weight is 266 g/mol. The molecule has 0 bridgehead atoms. The van der Waals surface area contributed by atoms with E-state index >= 15 is 0 Å². The molecule has 0 aromatic carbocycles. The quantitative estimate of drug-likeness (QED) is 0.829. The molecule has 0 saturated carbocycles. The van der Waals surface area contributed by atoms with Crippen LogP contribution in [0, 0.1) is 17.8 Å². The first-order chi connectivity index (χ1) is 8.88. The van der Waals surface area contributed by atoms with Gasteiger partial charge in [0.05, 0.1) is 31.3 Å². The van der Waals surface area contributed by atoms with E-state index in [-0.39, 0.29) is 6.61 Å². The molecule has 2 heterocycles. The van der Waals surface area contributed by atoms with E-state index in [0.29, 0.717) is 18.9 Å². The molecule has 4 heteroatoms. The molecule has 3 nitrogen and oxygen atoms in total. The minimum atomic E-state index is 0.123. The van der Waals surface area contributed by atoms with E-state index in [1.54, 1.807) is 11.3 Å². The van der Waals surface area contributed by atoms with Gasteiger partial charge in [-0.25, -0.2) is 0 Å². The van der Waals surface area contributed by atoms with E-state index in [0.717, 1.165) is 31.1 Å². The zero-order chi connectivity index (χ0) is 12.6. The maximum atomic E-state index is 8.64. The van der Waals surface area contributed by atoms with E-state index in [9.17, 15) is 0 Å². The van der Waals surface area contributed by atoms with Crippen molar-refractivity contribution in [2.45, 2.75) is 19.4 Å². The number of aliphatic hydroxyl groups is 1. The molecule has 1 aliphatic rings. The number of thiophene rings is 1. The fourth-order valence-electron chi connectivity index (χ4n) is 1.77. The number of hydrogen-bond donors (Lipinski definition) is 1. The predicted molar refractivity (Wildman–Crippen MR) is 71.5 cm³/mol. The zero-order valence-corrected chi connectivity index (χ0v) is 11.2. The monoisotopic (exact) mass is 266 g/mol. The lowest BCUT2D eigenvalue weighted by atomic mass is 10.1. The lowest BCUT2D eigenvalue weighted by Gasteiger charge is -2.07. The van der Waals surface area contributed by atoms with Crippen molar-refractivity contribution in [3.63, 3.8) is 0 Å². The second-order valence-corrected chi connectivity index (χ2v) is 5.45. The van der Waals surface area contributed by atoms with Gasteiger partial charge in [0.2, 0.25) is 0 Å². The van der Waals surface area contributed by atoms with Crippen molar-refractivity contribution >= 4 is 11.3 Å². The van der Waals surface area contributed by atoms with E-state index in [1.165, 1.54) is 4.88 Å². The van der Waals surface area contributed by atoms with Crippen molar-refractivity contribution in [3.05, 3.63) is 21.9 Å². The molecule has 98 valence electrons. The summed E-state index contributed by atoms with van der Waals surface area (Å²) in [4.78, 5) is 2.23. The molecular weight excluding hydrogens is 248 g/mol.